The molecule has 21 heavy (non-hydrogen) atoms. The first-order valence-corrected chi connectivity index (χ1v) is 6.59. The number of hydrogen-bond acceptors (Lipinski definition) is 6. The molecule has 0 atom stereocenters. The molecule has 1 aromatic carbocycles. The average molecular weight is 287 g/mol. The second-order valence-corrected chi connectivity index (χ2v) is 4.40. The first-order valence-electron chi connectivity index (χ1n) is 6.59. The Balaban J connectivity index is 2.06. The Bertz CT molecular complexity index is 633. The number of nitrogens with zero attached hydrogens (tertiary/aromatic N) is 4. The van der Waals surface area contributed by atoms with Gasteiger partial charge in [0.25, 0.3) is 0 Å². The molecule has 0 amide bonds. The van der Waals surface area contributed by atoms with Crippen molar-refractivity contribution in [2.75, 3.05) is 19.0 Å². The maximum Gasteiger partial charge on any atom is 0.143 e. The summed E-state index contributed by atoms with van der Waals surface area (Å²) in [5, 5.41) is 29.1. The van der Waals surface area contributed by atoms with Gasteiger partial charge < -0.3 is 15.2 Å². The molecule has 0 bridgehead atoms. The van der Waals surface area contributed by atoms with Crippen LogP contribution in [-0.4, -0.2) is 33.8 Å². The number of aliphatic hydroxyl groups is 1. The Morgan fingerprint density at radius 2 is 2.33 bits per heavy atom. The number of rotatable bonds is 7. The van der Waals surface area contributed by atoms with Crippen molar-refractivity contribution in [2.24, 2.45) is 0 Å². The van der Waals surface area contributed by atoms with E-state index in [1.165, 1.54) is 0 Å². The molecule has 1 heterocycles. The molecule has 0 spiro atoms. The number of aliphatic hydroxyl groups excluding tert-OH is 1. The Morgan fingerprint density at radius 1 is 1.48 bits per heavy atom. The minimum absolute atomic E-state index is 0.125. The molecule has 0 saturated heterocycles. The maximum absolute atomic E-state index is 9.14. The van der Waals surface area contributed by atoms with Gasteiger partial charge in [-0.15, -0.1) is 5.10 Å². The fraction of sp³-hybridized carbons (Fsp3) is 0.357. The van der Waals surface area contributed by atoms with E-state index in [0.29, 0.717) is 36.5 Å². The van der Waals surface area contributed by atoms with E-state index < -0.39 is 0 Å². The van der Waals surface area contributed by atoms with Gasteiger partial charge in [-0.25, -0.2) is 0 Å². The average Bonchev–Trinajstić information content (AvgIpc) is 2.98. The molecule has 2 N–H and O–H groups in total. The van der Waals surface area contributed by atoms with Crippen molar-refractivity contribution >= 4 is 5.69 Å². The molecule has 0 radical (unpaired) electrons. The highest BCUT2D eigenvalue weighted by atomic mass is 16.5. The summed E-state index contributed by atoms with van der Waals surface area (Å²) < 4.78 is 6.93. The Labute approximate surface area is 122 Å². The molecule has 0 aliphatic rings. The van der Waals surface area contributed by atoms with Crippen LogP contribution >= 0.6 is 0 Å². The summed E-state index contributed by atoms with van der Waals surface area (Å²) in [5.74, 6) is 0.613. The monoisotopic (exact) mass is 287 g/mol. The topological polar surface area (TPSA) is 96.0 Å². The predicted molar refractivity (Wildman–Crippen MR) is 76.8 cm³/mol. The number of methoxy groups -OCH3 is 1. The van der Waals surface area contributed by atoms with Gasteiger partial charge in [-0.1, -0.05) is 11.3 Å². The molecule has 7 heteroatoms. The van der Waals surface area contributed by atoms with Crippen LogP contribution in [0.5, 0.6) is 5.75 Å². The molecule has 0 aliphatic heterocycles. The first kappa shape index (κ1) is 14.8. The number of nitriles is 1. The SMILES string of the molecule is COc1cccc(C#N)c1NCc1cn(CCCO)nn1. The van der Waals surface area contributed by atoms with Crippen molar-refractivity contribution in [1.82, 2.24) is 15.0 Å². The minimum atomic E-state index is 0.125. The van der Waals surface area contributed by atoms with Crippen LogP contribution in [-0.2, 0) is 13.1 Å². The lowest BCUT2D eigenvalue weighted by Crippen LogP contribution is -2.04. The third-order valence-corrected chi connectivity index (χ3v) is 2.94. The third kappa shape index (κ3) is 3.70. The van der Waals surface area contributed by atoms with Gasteiger partial charge in [-0.3, -0.25) is 4.68 Å². The number of nitrogens with one attached hydrogen (secondary N) is 1. The highest BCUT2D eigenvalue weighted by Crippen LogP contribution is 2.28. The molecule has 110 valence electrons. The normalized spacial score (nSPS) is 10.1. The van der Waals surface area contributed by atoms with Crippen LogP contribution in [0.15, 0.2) is 24.4 Å². The molecule has 1 aromatic heterocycles. The number of benzene rings is 1. The number of anilines is 1. The molecular weight excluding hydrogens is 270 g/mol. The van der Waals surface area contributed by atoms with Crippen LogP contribution in [0.25, 0.3) is 0 Å². The lowest BCUT2D eigenvalue weighted by Gasteiger charge is -2.11. The Morgan fingerprint density at radius 3 is 3.05 bits per heavy atom. The second-order valence-electron chi connectivity index (χ2n) is 4.40. The molecule has 0 fully saturated rings. The van der Waals surface area contributed by atoms with Crippen molar-refractivity contribution in [2.45, 2.75) is 19.5 Å². The van der Waals surface area contributed by atoms with Gasteiger partial charge in [-0.05, 0) is 18.6 Å². The van der Waals surface area contributed by atoms with Crippen LogP contribution in [0.4, 0.5) is 5.69 Å². The van der Waals surface area contributed by atoms with Crippen molar-refractivity contribution in [1.29, 1.82) is 5.26 Å². The summed E-state index contributed by atoms with van der Waals surface area (Å²) in [6.45, 7) is 1.19. The summed E-state index contributed by atoms with van der Waals surface area (Å²) in [7, 11) is 1.56. The van der Waals surface area contributed by atoms with Gasteiger partial charge in [0.15, 0.2) is 0 Å². The zero-order valence-electron chi connectivity index (χ0n) is 11.8. The zero-order chi connectivity index (χ0) is 15.1. The van der Waals surface area contributed by atoms with Gasteiger partial charge in [0, 0.05) is 13.2 Å². The van der Waals surface area contributed by atoms with E-state index in [2.05, 4.69) is 21.7 Å². The third-order valence-electron chi connectivity index (χ3n) is 2.94. The number of aryl methyl sites for hydroxylation is 1. The van der Waals surface area contributed by atoms with E-state index in [9.17, 15) is 0 Å². The van der Waals surface area contributed by atoms with E-state index in [-0.39, 0.29) is 6.61 Å². The first-order chi connectivity index (χ1) is 10.3. The van der Waals surface area contributed by atoms with Crippen LogP contribution in [0.2, 0.25) is 0 Å². The van der Waals surface area contributed by atoms with Gasteiger partial charge in [0.2, 0.25) is 0 Å². The molecule has 0 unspecified atom stereocenters. The lowest BCUT2D eigenvalue weighted by atomic mass is 10.1. The largest absolute Gasteiger partial charge is 0.495 e. The second kappa shape index (κ2) is 7.26. The van der Waals surface area contributed by atoms with Crippen molar-refractivity contribution < 1.29 is 9.84 Å². The quantitative estimate of drug-likeness (QED) is 0.793. The summed E-state index contributed by atoms with van der Waals surface area (Å²) >= 11 is 0. The highest BCUT2D eigenvalue weighted by Gasteiger charge is 2.09. The molecular formula is C14H17N5O2. The smallest absolute Gasteiger partial charge is 0.143 e. The maximum atomic E-state index is 9.14. The number of aromatic nitrogens is 3. The van der Waals surface area contributed by atoms with Gasteiger partial charge in [0.1, 0.15) is 17.5 Å². The summed E-state index contributed by atoms with van der Waals surface area (Å²) in [6.07, 6.45) is 2.45. The van der Waals surface area contributed by atoms with E-state index in [1.807, 2.05) is 6.20 Å². The minimum Gasteiger partial charge on any atom is -0.495 e. The Hall–Kier alpha value is -2.59. The van der Waals surface area contributed by atoms with Crippen LogP contribution in [0.3, 0.4) is 0 Å². The summed E-state index contributed by atoms with van der Waals surface area (Å²) in [4.78, 5) is 0. The van der Waals surface area contributed by atoms with Crippen LogP contribution < -0.4 is 10.1 Å². The van der Waals surface area contributed by atoms with E-state index in [1.54, 1.807) is 30.0 Å². The van der Waals surface area contributed by atoms with Crippen LogP contribution in [0, 0.1) is 11.3 Å². The lowest BCUT2D eigenvalue weighted by molar-refractivity contribution is 0.276. The number of ether oxygens (including phenoxy) is 1. The Kier molecular flexibility index (Phi) is 5.12. The highest BCUT2D eigenvalue weighted by molar-refractivity contribution is 5.66. The van der Waals surface area contributed by atoms with Crippen molar-refractivity contribution in [3.8, 4) is 11.8 Å². The van der Waals surface area contributed by atoms with Crippen LogP contribution in [0.1, 0.15) is 17.7 Å². The van der Waals surface area contributed by atoms with Crippen molar-refractivity contribution in [3.05, 3.63) is 35.7 Å². The summed E-state index contributed by atoms with van der Waals surface area (Å²) in [6, 6.07) is 7.42. The number of para-hydroxylation sites is 1. The molecule has 7 nitrogen and oxygen atoms in total. The van der Waals surface area contributed by atoms with Gasteiger partial charge in [0.05, 0.1) is 31.1 Å². The van der Waals surface area contributed by atoms with Crippen molar-refractivity contribution in [3.63, 3.8) is 0 Å². The van der Waals surface area contributed by atoms with E-state index in [0.717, 1.165) is 5.69 Å². The molecule has 0 saturated carbocycles. The van der Waals surface area contributed by atoms with Gasteiger partial charge >= 0.3 is 0 Å². The summed E-state index contributed by atoms with van der Waals surface area (Å²) in [5.41, 5.74) is 1.91. The molecule has 2 aromatic rings. The van der Waals surface area contributed by atoms with Gasteiger partial charge in [-0.2, -0.15) is 5.26 Å². The van der Waals surface area contributed by atoms with E-state index in [4.69, 9.17) is 15.1 Å². The molecule has 2 rings (SSSR count). The number of hydrogen-bond donors (Lipinski definition) is 2. The fourth-order valence-corrected chi connectivity index (χ4v) is 1.92. The van der Waals surface area contributed by atoms with E-state index >= 15 is 0 Å². The molecule has 0 aliphatic carbocycles. The fourth-order valence-electron chi connectivity index (χ4n) is 1.92. The zero-order valence-corrected chi connectivity index (χ0v) is 11.8. The predicted octanol–water partition coefficient (Wildman–Crippen LogP) is 1.15. The standard InChI is InChI=1S/C14H17N5O2/c1-21-13-5-2-4-11(8-15)14(13)16-9-12-10-19(18-17-12)6-3-7-20/h2,4-5,10,16,20H,3,6-7,9H2,1H3.